The number of hydrogen-bond donors (Lipinski definition) is 2. The van der Waals surface area contributed by atoms with Gasteiger partial charge in [-0.25, -0.2) is 4.68 Å². The molecule has 0 fully saturated rings. The number of amides is 1. The van der Waals surface area contributed by atoms with Crippen molar-refractivity contribution in [1.82, 2.24) is 14.8 Å². The Balaban J connectivity index is 1.43. The molecular formula is C28H24ClN5O3. The number of allylic oxidation sites excluding steroid dienone is 1. The van der Waals surface area contributed by atoms with Gasteiger partial charge >= 0.3 is 0 Å². The molecule has 0 spiro atoms. The molecule has 8 nitrogen and oxygen atoms in total. The highest BCUT2D eigenvalue weighted by atomic mass is 35.5. The Morgan fingerprint density at radius 1 is 1.03 bits per heavy atom. The lowest BCUT2D eigenvalue weighted by Crippen LogP contribution is -2.20. The van der Waals surface area contributed by atoms with Gasteiger partial charge in [0.05, 0.1) is 14.2 Å². The number of carbonyl (C=O) groups is 1. The fourth-order valence-corrected chi connectivity index (χ4v) is 4.13. The van der Waals surface area contributed by atoms with E-state index in [0.717, 1.165) is 28.1 Å². The van der Waals surface area contributed by atoms with Gasteiger partial charge in [-0.05, 0) is 53.6 Å². The number of fused-ring (bicyclic) bond motifs is 1. The molecule has 186 valence electrons. The lowest BCUT2D eigenvalue weighted by atomic mass is 10.0. The molecule has 37 heavy (non-hydrogen) atoms. The van der Waals surface area contributed by atoms with Crippen LogP contribution >= 0.6 is 11.6 Å². The number of nitrogens with zero attached hydrogens (tertiary/aromatic N) is 3. The third-order valence-electron chi connectivity index (χ3n) is 5.87. The predicted octanol–water partition coefficient (Wildman–Crippen LogP) is 5.66. The Kier molecular flexibility index (Phi) is 6.91. The lowest BCUT2D eigenvalue weighted by molar-refractivity contribution is -0.111. The molecule has 0 aliphatic carbocycles. The van der Waals surface area contributed by atoms with Crippen LogP contribution in [0.15, 0.2) is 84.9 Å². The summed E-state index contributed by atoms with van der Waals surface area (Å²) >= 11 is 6.09. The number of carbonyl (C=O) groups excluding carboxylic acids is 1. The number of nitrogens with one attached hydrogen (secondary N) is 2. The van der Waals surface area contributed by atoms with E-state index in [9.17, 15) is 4.79 Å². The third-order valence-corrected chi connectivity index (χ3v) is 6.12. The molecule has 1 aromatic heterocycles. The van der Waals surface area contributed by atoms with Crippen LogP contribution < -0.4 is 20.1 Å². The molecular weight excluding hydrogens is 490 g/mol. The summed E-state index contributed by atoms with van der Waals surface area (Å²) in [6.07, 6.45) is 5.16. The van der Waals surface area contributed by atoms with Gasteiger partial charge in [0.15, 0.2) is 0 Å². The van der Waals surface area contributed by atoms with Gasteiger partial charge in [-0.1, -0.05) is 54.1 Å². The molecule has 2 N–H and O–H groups in total. The van der Waals surface area contributed by atoms with Crippen LogP contribution in [0.3, 0.4) is 0 Å². The van der Waals surface area contributed by atoms with Gasteiger partial charge in [0.1, 0.15) is 17.5 Å². The standard InChI is InChI=1S/C28H24ClN5O3/c1-36-22-14-9-19(10-15-22)24-17-23(18-7-12-21(29)13-8-18)30-28-32-27(33-34(24)28)31-26(35)16-11-20-5-3-4-6-25(20)37-2/h3-17,24H,1-2H3,(H2,30,31,32,33,35)/b16-11+. The van der Waals surface area contributed by atoms with Crippen molar-refractivity contribution in [2.75, 3.05) is 24.9 Å². The molecule has 0 saturated carbocycles. The Bertz CT molecular complexity index is 1480. The first-order chi connectivity index (χ1) is 18.0. The first kappa shape index (κ1) is 24.1. The predicted molar refractivity (Wildman–Crippen MR) is 145 cm³/mol. The van der Waals surface area contributed by atoms with Crippen molar-refractivity contribution in [3.63, 3.8) is 0 Å². The number of ether oxygens (including phenoxy) is 2. The number of rotatable bonds is 7. The van der Waals surface area contributed by atoms with E-state index in [1.165, 1.54) is 6.08 Å². The highest BCUT2D eigenvalue weighted by molar-refractivity contribution is 6.30. The minimum Gasteiger partial charge on any atom is -0.497 e. The number of benzene rings is 3. The van der Waals surface area contributed by atoms with Crippen molar-refractivity contribution in [3.8, 4) is 11.5 Å². The molecule has 1 atom stereocenters. The number of para-hydroxylation sites is 1. The maximum atomic E-state index is 12.7. The summed E-state index contributed by atoms with van der Waals surface area (Å²) in [5.41, 5.74) is 3.57. The summed E-state index contributed by atoms with van der Waals surface area (Å²) in [5.74, 6) is 1.75. The average molecular weight is 514 g/mol. The van der Waals surface area contributed by atoms with Crippen LogP contribution in [-0.2, 0) is 4.79 Å². The molecule has 1 amide bonds. The molecule has 1 aliphatic heterocycles. The molecule has 5 rings (SSSR count). The third kappa shape index (κ3) is 5.34. The van der Waals surface area contributed by atoms with Gasteiger partial charge < -0.3 is 14.8 Å². The number of halogens is 1. The van der Waals surface area contributed by atoms with E-state index < -0.39 is 0 Å². The summed E-state index contributed by atoms with van der Waals surface area (Å²) < 4.78 is 12.4. The van der Waals surface area contributed by atoms with Crippen LogP contribution in [-0.4, -0.2) is 34.9 Å². The maximum absolute atomic E-state index is 12.7. The molecule has 1 unspecified atom stereocenters. The van der Waals surface area contributed by atoms with Gasteiger partial charge in [0.25, 0.3) is 11.9 Å². The highest BCUT2D eigenvalue weighted by Crippen LogP contribution is 2.34. The zero-order valence-corrected chi connectivity index (χ0v) is 20.9. The zero-order chi connectivity index (χ0) is 25.8. The van der Waals surface area contributed by atoms with Crippen LogP contribution in [0.1, 0.15) is 22.7 Å². The summed E-state index contributed by atoms with van der Waals surface area (Å²) in [5, 5.41) is 11.3. The molecule has 9 heteroatoms. The monoisotopic (exact) mass is 513 g/mol. The van der Waals surface area contributed by atoms with Crippen molar-refractivity contribution in [2.24, 2.45) is 0 Å². The topological polar surface area (TPSA) is 90.3 Å². The van der Waals surface area contributed by atoms with E-state index in [0.29, 0.717) is 16.7 Å². The Hall–Kier alpha value is -4.56. The van der Waals surface area contributed by atoms with E-state index >= 15 is 0 Å². The Labute approximate surface area is 219 Å². The first-order valence-electron chi connectivity index (χ1n) is 11.5. The van der Waals surface area contributed by atoms with Crippen LogP contribution in [0.2, 0.25) is 5.02 Å². The molecule has 1 aliphatic rings. The molecule has 0 saturated heterocycles. The van der Waals surface area contributed by atoms with Crippen LogP contribution in [0.25, 0.3) is 11.8 Å². The minimum atomic E-state index is -0.360. The lowest BCUT2D eigenvalue weighted by Gasteiger charge is -2.24. The molecule has 0 radical (unpaired) electrons. The van der Waals surface area contributed by atoms with Crippen molar-refractivity contribution < 1.29 is 14.3 Å². The van der Waals surface area contributed by atoms with Gasteiger partial charge in [-0.2, -0.15) is 4.98 Å². The summed E-state index contributed by atoms with van der Waals surface area (Å²) in [6, 6.07) is 22.5. The van der Waals surface area contributed by atoms with Gasteiger partial charge in [0, 0.05) is 22.4 Å². The molecule has 0 bridgehead atoms. The van der Waals surface area contributed by atoms with E-state index in [1.807, 2.05) is 72.8 Å². The number of hydrogen-bond acceptors (Lipinski definition) is 6. The van der Waals surface area contributed by atoms with Crippen molar-refractivity contribution in [3.05, 3.63) is 107 Å². The quantitative estimate of drug-likeness (QED) is 0.310. The maximum Gasteiger partial charge on any atom is 0.250 e. The normalized spacial score (nSPS) is 14.5. The number of methoxy groups -OCH3 is 2. The van der Waals surface area contributed by atoms with E-state index in [2.05, 4.69) is 26.8 Å². The Morgan fingerprint density at radius 3 is 2.51 bits per heavy atom. The summed E-state index contributed by atoms with van der Waals surface area (Å²) in [4.78, 5) is 17.2. The summed E-state index contributed by atoms with van der Waals surface area (Å²) in [6.45, 7) is 0. The van der Waals surface area contributed by atoms with E-state index in [4.69, 9.17) is 21.1 Å². The van der Waals surface area contributed by atoms with E-state index in [-0.39, 0.29) is 17.9 Å². The van der Waals surface area contributed by atoms with Crippen LogP contribution in [0.5, 0.6) is 11.5 Å². The van der Waals surface area contributed by atoms with Gasteiger partial charge in [-0.3, -0.25) is 10.1 Å². The van der Waals surface area contributed by atoms with Crippen molar-refractivity contribution >= 4 is 41.2 Å². The number of anilines is 2. The summed E-state index contributed by atoms with van der Waals surface area (Å²) in [7, 11) is 3.22. The second-order valence-corrected chi connectivity index (χ2v) is 8.63. The van der Waals surface area contributed by atoms with Gasteiger partial charge in [-0.15, -0.1) is 5.10 Å². The first-order valence-corrected chi connectivity index (χ1v) is 11.9. The van der Waals surface area contributed by atoms with Crippen LogP contribution in [0, 0.1) is 0 Å². The fraction of sp³-hybridized carbons (Fsp3) is 0.107. The molecule has 3 aromatic carbocycles. The fourth-order valence-electron chi connectivity index (χ4n) is 4.00. The second kappa shape index (κ2) is 10.6. The van der Waals surface area contributed by atoms with Crippen molar-refractivity contribution in [1.29, 1.82) is 0 Å². The van der Waals surface area contributed by atoms with Crippen molar-refractivity contribution in [2.45, 2.75) is 6.04 Å². The minimum absolute atomic E-state index is 0.182. The zero-order valence-electron chi connectivity index (χ0n) is 20.2. The second-order valence-electron chi connectivity index (χ2n) is 8.20. The van der Waals surface area contributed by atoms with Crippen LogP contribution in [0.4, 0.5) is 11.9 Å². The average Bonchev–Trinajstić information content (AvgIpc) is 3.34. The largest absolute Gasteiger partial charge is 0.497 e. The molecule has 4 aromatic rings. The number of aromatic nitrogens is 3. The SMILES string of the molecule is COc1ccc(C2C=C(c3ccc(Cl)cc3)Nc3nc(NC(=O)/C=C/c4ccccc4OC)nn32)cc1. The highest BCUT2D eigenvalue weighted by Gasteiger charge is 2.25. The smallest absolute Gasteiger partial charge is 0.250 e. The Morgan fingerprint density at radius 2 is 1.78 bits per heavy atom. The van der Waals surface area contributed by atoms with Gasteiger partial charge in [0.2, 0.25) is 5.95 Å². The molecule has 2 heterocycles. The van der Waals surface area contributed by atoms with E-state index in [1.54, 1.807) is 25.0 Å².